The lowest BCUT2D eigenvalue weighted by Crippen LogP contribution is -2.07. The maximum atomic E-state index is 4.81. The van der Waals surface area contributed by atoms with E-state index in [1.807, 2.05) is 0 Å². The highest BCUT2D eigenvalue weighted by Crippen LogP contribution is 2.28. The van der Waals surface area contributed by atoms with Gasteiger partial charge in [-0.3, -0.25) is 0 Å². The summed E-state index contributed by atoms with van der Waals surface area (Å²) in [5, 5.41) is 8.37. The molecule has 0 radical (unpaired) electrons. The van der Waals surface area contributed by atoms with Crippen molar-refractivity contribution >= 4 is 5.82 Å². The minimum atomic E-state index is 1.00. The van der Waals surface area contributed by atoms with Crippen molar-refractivity contribution in [1.82, 2.24) is 9.78 Å². The van der Waals surface area contributed by atoms with Crippen molar-refractivity contribution in [3.63, 3.8) is 0 Å². The second kappa shape index (κ2) is 5.08. The van der Waals surface area contributed by atoms with Crippen LogP contribution in [0.15, 0.2) is 24.3 Å². The Balaban J connectivity index is 2.10. The molecule has 3 rings (SSSR count). The van der Waals surface area contributed by atoms with Gasteiger partial charge in [0.25, 0.3) is 0 Å². The number of anilines is 1. The molecule has 100 valence electrons. The van der Waals surface area contributed by atoms with Gasteiger partial charge in [0.05, 0.1) is 11.4 Å². The Labute approximate surface area is 114 Å². The molecule has 1 aliphatic heterocycles. The van der Waals surface area contributed by atoms with Crippen LogP contribution in [-0.2, 0) is 12.8 Å². The molecule has 1 aliphatic rings. The number of aryl methyl sites for hydroxylation is 2. The number of hydrogen-bond donors (Lipinski definition) is 1. The molecular weight excluding hydrogens is 234 g/mol. The first kappa shape index (κ1) is 12.3. The highest BCUT2D eigenvalue weighted by molar-refractivity contribution is 5.54. The molecule has 0 unspecified atom stereocenters. The second-order valence-corrected chi connectivity index (χ2v) is 5.26. The lowest BCUT2D eigenvalue weighted by atomic mass is 10.1. The van der Waals surface area contributed by atoms with Crippen LogP contribution in [0, 0.1) is 6.92 Å². The Hall–Kier alpha value is -1.77. The first-order chi connectivity index (χ1) is 9.29. The Kier molecular flexibility index (Phi) is 3.28. The molecule has 19 heavy (non-hydrogen) atoms. The van der Waals surface area contributed by atoms with E-state index in [4.69, 9.17) is 5.10 Å². The average molecular weight is 255 g/mol. The van der Waals surface area contributed by atoms with E-state index in [0.29, 0.717) is 0 Å². The fourth-order valence-electron chi connectivity index (χ4n) is 2.73. The van der Waals surface area contributed by atoms with Gasteiger partial charge in [0.2, 0.25) is 0 Å². The molecule has 3 heteroatoms. The average Bonchev–Trinajstić information content (AvgIpc) is 2.61. The highest BCUT2D eigenvalue weighted by Gasteiger charge is 2.19. The molecule has 0 bridgehead atoms. The fourth-order valence-corrected chi connectivity index (χ4v) is 2.73. The van der Waals surface area contributed by atoms with E-state index in [9.17, 15) is 0 Å². The van der Waals surface area contributed by atoms with Crippen LogP contribution in [0.25, 0.3) is 5.69 Å². The molecule has 0 aliphatic carbocycles. The van der Waals surface area contributed by atoms with Gasteiger partial charge in [-0.1, -0.05) is 24.6 Å². The van der Waals surface area contributed by atoms with Gasteiger partial charge in [-0.05, 0) is 44.7 Å². The van der Waals surface area contributed by atoms with E-state index < -0.39 is 0 Å². The predicted molar refractivity (Wildman–Crippen MR) is 79.1 cm³/mol. The monoisotopic (exact) mass is 255 g/mol. The zero-order chi connectivity index (χ0) is 13.2. The van der Waals surface area contributed by atoms with Crippen LogP contribution in [-0.4, -0.2) is 16.3 Å². The van der Waals surface area contributed by atoms with Crippen LogP contribution in [0.1, 0.15) is 36.6 Å². The van der Waals surface area contributed by atoms with Gasteiger partial charge in [-0.2, -0.15) is 5.10 Å². The van der Waals surface area contributed by atoms with E-state index in [0.717, 1.165) is 25.1 Å². The summed E-state index contributed by atoms with van der Waals surface area (Å²) >= 11 is 0. The molecule has 0 atom stereocenters. The number of hydrogen-bond acceptors (Lipinski definition) is 2. The van der Waals surface area contributed by atoms with Gasteiger partial charge in [0, 0.05) is 12.1 Å². The number of nitrogens with one attached hydrogen (secondary N) is 1. The van der Waals surface area contributed by atoms with Gasteiger partial charge >= 0.3 is 0 Å². The summed E-state index contributed by atoms with van der Waals surface area (Å²) < 4.78 is 2.08. The van der Waals surface area contributed by atoms with Crippen molar-refractivity contribution in [2.24, 2.45) is 0 Å². The second-order valence-electron chi connectivity index (χ2n) is 5.26. The minimum absolute atomic E-state index is 1.00. The Morgan fingerprint density at radius 3 is 2.74 bits per heavy atom. The quantitative estimate of drug-likeness (QED) is 0.890. The molecule has 0 saturated heterocycles. The summed E-state index contributed by atoms with van der Waals surface area (Å²) in [6.07, 6.45) is 4.65. The zero-order valence-corrected chi connectivity index (χ0v) is 11.7. The van der Waals surface area contributed by atoms with E-state index >= 15 is 0 Å². The molecule has 1 N–H and O–H groups in total. The number of rotatable bonds is 2. The topological polar surface area (TPSA) is 29.9 Å². The molecular formula is C16H21N3. The Morgan fingerprint density at radius 2 is 2.00 bits per heavy atom. The first-order valence-electron chi connectivity index (χ1n) is 7.21. The van der Waals surface area contributed by atoms with E-state index in [-0.39, 0.29) is 0 Å². The predicted octanol–water partition coefficient (Wildman–Crippen LogP) is 3.49. The number of benzene rings is 1. The SMILES string of the molecule is CCc1nn(-c2ccc(C)cc2)c2c1CCCCN2. The number of fused-ring (bicyclic) bond motifs is 1. The third kappa shape index (κ3) is 2.25. The number of aromatic nitrogens is 2. The molecule has 0 amide bonds. The summed E-state index contributed by atoms with van der Waals surface area (Å²) in [5.41, 5.74) is 5.09. The minimum Gasteiger partial charge on any atom is -0.370 e. The van der Waals surface area contributed by atoms with Crippen molar-refractivity contribution in [3.8, 4) is 5.69 Å². The molecule has 0 saturated carbocycles. The summed E-state index contributed by atoms with van der Waals surface area (Å²) in [6, 6.07) is 8.58. The molecule has 3 nitrogen and oxygen atoms in total. The fraction of sp³-hybridized carbons (Fsp3) is 0.438. The van der Waals surface area contributed by atoms with Crippen molar-refractivity contribution in [2.45, 2.75) is 39.5 Å². The Bertz CT molecular complexity index is 566. The summed E-state index contributed by atoms with van der Waals surface area (Å²) in [4.78, 5) is 0. The van der Waals surface area contributed by atoms with Gasteiger partial charge < -0.3 is 5.32 Å². The zero-order valence-electron chi connectivity index (χ0n) is 11.7. The summed E-state index contributed by atoms with van der Waals surface area (Å²) in [7, 11) is 0. The third-order valence-electron chi connectivity index (χ3n) is 3.83. The molecule has 2 heterocycles. The van der Waals surface area contributed by atoms with Crippen LogP contribution in [0.5, 0.6) is 0 Å². The maximum absolute atomic E-state index is 4.81. The Morgan fingerprint density at radius 1 is 1.21 bits per heavy atom. The van der Waals surface area contributed by atoms with Crippen LogP contribution < -0.4 is 5.32 Å². The maximum Gasteiger partial charge on any atom is 0.133 e. The molecule has 2 aromatic rings. The van der Waals surface area contributed by atoms with Crippen LogP contribution in [0.3, 0.4) is 0 Å². The van der Waals surface area contributed by atoms with Gasteiger partial charge in [0.15, 0.2) is 0 Å². The summed E-state index contributed by atoms with van der Waals surface area (Å²) in [6.45, 7) is 5.35. The standard InChI is InChI=1S/C16H21N3/c1-3-15-14-6-4-5-11-17-16(14)19(18-15)13-9-7-12(2)8-10-13/h7-10,17H,3-6,11H2,1-2H3. The van der Waals surface area contributed by atoms with Crippen molar-refractivity contribution in [3.05, 3.63) is 41.1 Å². The normalized spacial score (nSPS) is 14.6. The molecule has 0 spiro atoms. The van der Waals surface area contributed by atoms with Gasteiger partial charge in [-0.25, -0.2) is 4.68 Å². The van der Waals surface area contributed by atoms with Gasteiger partial charge in [0.1, 0.15) is 5.82 Å². The van der Waals surface area contributed by atoms with Crippen LogP contribution in [0.4, 0.5) is 5.82 Å². The molecule has 1 aromatic heterocycles. The van der Waals surface area contributed by atoms with Crippen molar-refractivity contribution < 1.29 is 0 Å². The van der Waals surface area contributed by atoms with E-state index in [1.165, 1.54) is 35.5 Å². The third-order valence-corrected chi connectivity index (χ3v) is 3.83. The van der Waals surface area contributed by atoms with E-state index in [1.54, 1.807) is 0 Å². The number of nitrogens with zero attached hydrogens (tertiary/aromatic N) is 2. The summed E-state index contributed by atoms with van der Waals surface area (Å²) in [5.74, 6) is 1.21. The van der Waals surface area contributed by atoms with Crippen molar-refractivity contribution in [1.29, 1.82) is 0 Å². The molecule has 1 aromatic carbocycles. The largest absolute Gasteiger partial charge is 0.370 e. The molecule has 0 fully saturated rings. The first-order valence-corrected chi connectivity index (χ1v) is 7.21. The smallest absolute Gasteiger partial charge is 0.133 e. The van der Waals surface area contributed by atoms with Crippen LogP contribution in [0.2, 0.25) is 0 Å². The lowest BCUT2D eigenvalue weighted by Gasteiger charge is -2.09. The van der Waals surface area contributed by atoms with Crippen molar-refractivity contribution in [2.75, 3.05) is 11.9 Å². The lowest BCUT2D eigenvalue weighted by molar-refractivity contribution is 0.765. The highest BCUT2D eigenvalue weighted by atomic mass is 15.3. The van der Waals surface area contributed by atoms with E-state index in [2.05, 4.69) is 48.1 Å². The van der Waals surface area contributed by atoms with Crippen LogP contribution >= 0.6 is 0 Å². The van der Waals surface area contributed by atoms with Gasteiger partial charge in [-0.15, -0.1) is 0 Å².